The van der Waals surface area contributed by atoms with Crippen molar-refractivity contribution < 1.29 is 13.2 Å². The molecule has 0 aromatic heterocycles. The van der Waals surface area contributed by atoms with Gasteiger partial charge in [-0.2, -0.15) is 13.2 Å². The summed E-state index contributed by atoms with van der Waals surface area (Å²) in [5.41, 5.74) is 5.45. The third kappa shape index (κ3) is 2.73. The number of benzene rings is 1. The van der Waals surface area contributed by atoms with Gasteiger partial charge in [0.25, 0.3) is 0 Å². The monoisotopic (exact) mass is 314 g/mol. The van der Waals surface area contributed by atoms with Crippen molar-refractivity contribution >= 4 is 22.9 Å². The van der Waals surface area contributed by atoms with Crippen LogP contribution in [0.3, 0.4) is 0 Å². The lowest BCUT2D eigenvalue weighted by molar-refractivity contribution is -0.137. The molecule has 1 heterocycles. The van der Waals surface area contributed by atoms with Gasteiger partial charge in [-0.3, -0.25) is 0 Å². The van der Waals surface area contributed by atoms with Crippen LogP contribution in [-0.2, 0) is 6.18 Å². The number of nitrogens with zero attached hydrogens (tertiary/aromatic N) is 1. The van der Waals surface area contributed by atoms with Crippen LogP contribution < -0.4 is 10.6 Å². The smallest absolute Gasteiger partial charge is 0.389 e. The van der Waals surface area contributed by atoms with Crippen molar-refractivity contribution in [1.29, 1.82) is 0 Å². The van der Waals surface area contributed by atoms with Crippen LogP contribution in [0.1, 0.15) is 30.4 Å². The zero-order chi connectivity index (χ0) is 15.2. The van der Waals surface area contributed by atoms with Crippen molar-refractivity contribution in [3.05, 3.63) is 29.3 Å². The van der Waals surface area contributed by atoms with Crippen LogP contribution in [0.2, 0.25) is 0 Å². The second-order valence-electron chi connectivity index (χ2n) is 5.95. The average molecular weight is 314 g/mol. The number of anilines is 1. The second-order valence-corrected chi connectivity index (χ2v) is 6.39. The van der Waals surface area contributed by atoms with Gasteiger partial charge in [0.1, 0.15) is 4.99 Å². The predicted molar refractivity (Wildman–Crippen MR) is 80.4 cm³/mol. The van der Waals surface area contributed by atoms with E-state index >= 15 is 0 Å². The summed E-state index contributed by atoms with van der Waals surface area (Å²) >= 11 is 4.79. The fraction of sp³-hybridized carbons (Fsp3) is 0.533. The molecule has 6 heteroatoms. The van der Waals surface area contributed by atoms with Crippen molar-refractivity contribution in [3.8, 4) is 0 Å². The molecule has 0 spiro atoms. The molecule has 2 N–H and O–H groups in total. The van der Waals surface area contributed by atoms with Crippen LogP contribution in [0.5, 0.6) is 0 Å². The number of nitrogens with two attached hydrogens (primary N) is 1. The summed E-state index contributed by atoms with van der Waals surface area (Å²) in [7, 11) is 0. The second kappa shape index (κ2) is 5.16. The quantitative estimate of drug-likeness (QED) is 0.846. The molecule has 0 radical (unpaired) electrons. The number of hydrogen-bond donors (Lipinski definition) is 1. The largest absolute Gasteiger partial charge is 0.417 e. The van der Waals surface area contributed by atoms with E-state index in [-0.39, 0.29) is 10.6 Å². The van der Waals surface area contributed by atoms with E-state index in [2.05, 4.69) is 4.90 Å². The van der Waals surface area contributed by atoms with Gasteiger partial charge < -0.3 is 10.6 Å². The number of thiocarbonyl (C=S) groups is 1. The summed E-state index contributed by atoms with van der Waals surface area (Å²) in [6.45, 7) is 1.85. The van der Waals surface area contributed by atoms with Gasteiger partial charge in [-0.05, 0) is 42.9 Å². The van der Waals surface area contributed by atoms with Gasteiger partial charge in [0.2, 0.25) is 0 Å². The molecule has 1 aromatic carbocycles. The Labute approximate surface area is 127 Å². The summed E-state index contributed by atoms with van der Waals surface area (Å²) in [6.07, 6.45) is -0.707. The van der Waals surface area contributed by atoms with Crippen molar-refractivity contribution in [3.63, 3.8) is 0 Å². The Hall–Kier alpha value is -1.30. The lowest BCUT2D eigenvalue weighted by Gasteiger charge is -2.22. The molecular weight excluding hydrogens is 297 g/mol. The normalized spacial score (nSPS) is 25.2. The molecule has 2 atom stereocenters. The van der Waals surface area contributed by atoms with Crippen LogP contribution in [0.25, 0.3) is 0 Å². The van der Waals surface area contributed by atoms with Crippen molar-refractivity contribution in [1.82, 2.24) is 0 Å². The molecule has 1 saturated carbocycles. The van der Waals surface area contributed by atoms with Gasteiger partial charge in [0, 0.05) is 24.3 Å². The highest BCUT2D eigenvalue weighted by atomic mass is 32.1. The maximum atomic E-state index is 13.0. The molecule has 2 fully saturated rings. The predicted octanol–water partition coefficient (Wildman–Crippen LogP) is 3.58. The summed E-state index contributed by atoms with van der Waals surface area (Å²) in [4.78, 5) is 1.96. The zero-order valence-electron chi connectivity index (χ0n) is 11.5. The minimum atomic E-state index is -4.43. The third-order valence-corrected chi connectivity index (χ3v) is 4.89. The van der Waals surface area contributed by atoms with E-state index in [4.69, 9.17) is 18.0 Å². The molecule has 1 aliphatic heterocycles. The van der Waals surface area contributed by atoms with Gasteiger partial charge >= 0.3 is 6.18 Å². The summed E-state index contributed by atoms with van der Waals surface area (Å²) < 4.78 is 38.9. The van der Waals surface area contributed by atoms with Gasteiger partial charge in [-0.1, -0.05) is 18.6 Å². The third-order valence-electron chi connectivity index (χ3n) is 4.67. The van der Waals surface area contributed by atoms with Gasteiger partial charge in [0.05, 0.1) is 5.56 Å². The number of halogens is 3. The van der Waals surface area contributed by atoms with Crippen LogP contribution in [0, 0.1) is 11.8 Å². The number of alkyl halides is 3. The number of hydrogen-bond acceptors (Lipinski definition) is 2. The molecule has 0 amide bonds. The molecule has 1 saturated heterocycles. The minimum absolute atomic E-state index is 0.0768. The van der Waals surface area contributed by atoms with E-state index in [0.717, 1.165) is 24.8 Å². The maximum Gasteiger partial charge on any atom is 0.417 e. The van der Waals surface area contributed by atoms with Gasteiger partial charge in [-0.15, -0.1) is 0 Å². The SMILES string of the molecule is NC(=S)c1cc(N2CC3CCCC3C2)ccc1C(F)(F)F. The highest BCUT2D eigenvalue weighted by molar-refractivity contribution is 7.80. The Bertz CT molecular complexity index is 559. The van der Waals surface area contributed by atoms with Crippen LogP contribution in [-0.4, -0.2) is 18.1 Å². The Kier molecular flexibility index (Phi) is 3.59. The molecule has 114 valence electrons. The molecule has 2 unspecified atom stereocenters. The number of rotatable bonds is 2. The van der Waals surface area contributed by atoms with E-state index in [9.17, 15) is 13.2 Å². The molecule has 2 aliphatic rings. The van der Waals surface area contributed by atoms with Crippen molar-refractivity contribution in [2.45, 2.75) is 25.4 Å². The van der Waals surface area contributed by atoms with Crippen LogP contribution in [0.4, 0.5) is 18.9 Å². The maximum absolute atomic E-state index is 13.0. The topological polar surface area (TPSA) is 29.3 Å². The first-order valence-corrected chi connectivity index (χ1v) is 7.53. The van der Waals surface area contributed by atoms with Gasteiger partial charge in [0.15, 0.2) is 0 Å². The number of fused-ring (bicyclic) bond motifs is 1. The molecular formula is C15H17F3N2S. The fourth-order valence-electron chi connectivity index (χ4n) is 3.63. The Morgan fingerprint density at radius 2 is 1.81 bits per heavy atom. The molecule has 21 heavy (non-hydrogen) atoms. The first-order chi connectivity index (χ1) is 9.86. The molecule has 2 nitrogen and oxygen atoms in total. The molecule has 1 aromatic rings. The molecule has 1 aliphatic carbocycles. The van der Waals surface area contributed by atoms with E-state index in [1.165, 1.54) is 31.4 Å². The lowest BCUT2D eigenvalue weighted by Crippen LogP contribution is -2.23. The van der Waals surface area contributed by atoms with E-state index in [0.29, 0.717) is 11.8 Å². The Morgan fingerprint density at radius 3 is 2.33 bits per heavy atom. The standard InChI is InChI=1S/C15H17F3N2S/c16-15(17,18)13-5-4-11(6-12(13)14(19)21)20-7-9-2-1-3-10(9)8-20/h4-6,9-10H,1-3,7-8H2,(H2,19,21). The van der Waals surface area contributed by atoms with Gasteiger partial charge in [-0.25, -0.2) is 0 Å². The Morgan fingerprint density at radius 1 is 1.19 bits per heavy atom. The van der Waals surface area contributed by atoms with Crippen molar-refractivity contribution in [2.24, 2.45) is 17.6 Å². The average Bonchev–Trinajstić information content (AvgIpc) is 2.97. The molecule has 3 rings (SSSR count). The fourth-order valence-corrected chi connectivity index (χ4v) is 3.79. The minimum Gasteiger partial charge on any atom is -0.389 e. The van der Waals surface area contributed by atoms with Crippen molar-refractivity contribution in [2.75, 3.05) is 18.0 Å². The highest BCUT2D eigenvalue weighted by Crippen LogP contribution is 2.41. The van der Waals surface area contributed by atoms with E-state index < -0.39 is 11.7 Å². The first-order valence-electron chi connectivity index (χ1n) is 7.12. The summed E-state index contributed by atoms with van der Waals surface area (Å²) in [5.74, 6) is 1.36. The Balaban J connectivity index is 1.91. The summed E-state index contributed by atoms with van der Waals surface area (Å²) in [5, 5.41) is 0. The summed E-state index contributed by atoms with van der Waals surface area (Å²) in [6, 6.07) is 4.12. The first kappa shape index (κ1) is 14.6. The lowest BCUT2D eigenvalue weighted by atomic mass is 10.0. The van der Waals surface area contributed by atoms with Crippen LogP contribution >= 0.6 is 12.2 Å². The zero-order valence-corrected chi connectivity index (χ0v) is 12.3. The highest BCUT2D eigenvalue weighted by Gasteiger charge is 2.38. The molecule has 0 bridgehead atoms. The van der Waals surface area contributed by atoms with E-state index in [1.54, 1.807) is 0 Å². The van der Waals surface area contributed by atoms with Crippen LogP contribution in [0.15, 0.2) is 18.2 Å². The van der Waals surface area contributed by atoms with E-state index in [1.807, 2.05) is 0 Å².